The van der Waals surface area contributed by atoms with Crippen molar-refractivity contribution in [1.82, 2.24) is 10.7 Å². The van der Waals surface area contributed by atoms with Crippen molar-refractivity contribution in [2.45, 2.75) is 51.2 Å². The summed E-state index contributed by atoms with van der Waals surface area (Å²) < 4.78 is 5.74. The number of piperidine rings is 1. The number of nitrogens with one attached hydrogen (secondary N) is 2. The van der Waals surface area contributed by atoms with Gasteiger partial charge in [0.15, 0.2) is 6.10 Å². The van der Waals surface area contributed by atoms with Crippen LogP contribution in [0.15, 0.2) is 59.7 Å². The number of rotatable bonds is 6. The zero-order valence-corrected chi connectivity index (χ0v) is 17.8. The monoisotopic (exact) mass is 419 g/mol. The van der Waals surface area contributed by atoms with Gasteiger partial charge >= 0.3 is 0 Å². The average Bonchev–Trinajstić information content (AvgIpc) is 2.80. The van der Waals surface area contributed by atoms with Gasteiger partial charge in [-0.2, -0.15) is 5.10 Å². The standard InChI is InChI=1S/C25H29N3O3/c1-17(31-22-13-11-19(12-14-22)18-7-3-2-4-8-18)24(29)28-26-16-21-15-20-9-5-6-10-23(20)27-25(21)30/h2-4,7-8,11-14,16-17,20-21,23H,5-6,9-10,15H2,1H3,(H,27,30)(H,28,29)/b26-16+. The molecule has 4 unspecified atom stereocenters. The number of hydrazone groups is 1. The third-order valence-corrected chi connectivity index (χ3v) is 6.20. The van der Waals surface area contributed by atoms with Crippen molar-refractivity contribution < 1.29 is 14.3 Å². The minimum Gasteiger partial charge on any atom is -0.481 e. The highest BCUT2D eigenvalue weighted by Gasteiger charge is 2.36. The smallest absolute Gasteiger partial charge is 0.280 e. The van der Waals surface area contributed by atoms with Crippen LogP contribution in [0, 0.1) is 11.8 Å². The molecule has 1 aliphatic carbocycles. The predicted molar refractivity (Wildman–Crippen MR) is 121 cm³/mol. The number of nitrogens with zero attached hydrogens (tertiary/aromatic N) is 1. The van der Waals surface area contributed by atoms with Crippen LogP contribution in [0.3, 0.4) is 0 Å². The molecular formula is C25H29N3O3. The maximum Gasteiger partial charge on any atom is 0.280 e. The fourth-order valence-corrected chi connectivity index (χ4v) is 4.43. The van der Waals surface area contributed by atoms with Crippen LogP contribution in [-0.4, -0.2) is 30.2 Å². The fourth-order valence-electron chi connectivity index (χ4n) is 4.43. The van der Waals surface area contributed by atoms with Crippen LogP contribution in [0.4, 0.5) is 0 Å². The van der Waals surface area contributed by atoms with Gasteiger partial charge in [0, 0.05) is 12.3 Å². The van der Waals surface area contributed by atoms with Crippen LogP contribution in [0.1, 0.15) is 39.0 Å². The quantitative estimate of drug-likeness (QED) is 0.550. The molecule has 2 N–H and O–H groups in total. The summed E-state index contributed by atoms with van der Waals surface area (Å²) in [5, 5.41) is 7.14. The summed E-state index contributed by atoms with van der Waals surface area (Å²) in [6.07, 6.45) is 6.27. The highest BCUT2D eigenvalue weighted by molar-refractivity contribution is 5.94. The number of hydrogen-bond donors (Lipinski definition) is 2. The lowest BCUT2D eigenvalue weighted by atomic mass is 9.76. The fraction of sp³-hybridized carbons (Fsp3) is 0.400. The van der Waals surface area contributed by atoms with Crippen LogP contribution in [-0.2, 0) is 9.59 Å². The van der Waals surface area contributed by atoms with E-state index in [4.69, 9.17) is 4.74 Å². The van der Waals surface area contributed by atoms with Crippen LogP contribution in [0.25, 0.3) is 11.1 Å². The molecule has 2 aliphatic rings. The summed E-state index contributed by atoms with van der Waals surface area (Å²) in [5.74, 6) is 0.488. The Hall–Kier alpha value is -3.15. The average molecular weight is 420 g/mol. The van der Waals surface area contributed by atoms with Gasteiger partial charge in [0.1, 0.15) is 5.75 Å². The van der Waals surface area contributed by atoms with Crippen LogP contribution < -0.4 is 15.5 Å². The number of hydrogen-bond acceptors (Lipinski definition) is 4. The first kappa shape index (κ1) is 21.1. The summed E-state index contributed by atoms with van der Waals surface area (Å²) in [6.45, 7) is 1.68. The van der Waals surface area contributed by atoms with Gasteiger partial charge in [-0.25, -0.2) is 5.43 Å². The molecule has 1 heterocycles. The topological polar surface area (TPSA) is 79.8 Å². The molecular weight excluding hydrogens is 390 g/mol. The van der Waals surface area contributed by atoms with Crippen molar-refractivity contribution >= 4 is 18.0 Å². The first-order valence-corrected chi connectivity index (χ1v) is 11.1. The Morgan fingerprint density at radius 1 is 1.10 bits per heavy atom. The van der Waals surface area contributed by atoms with E-state index in [2.05, 4.69) is 15.8 Å². The van der Waals surface area contributed by atoms with E-state index in [9.17, 15) is 9.59 Å². The number of ether oxygens (including phenoxy) is 1. The molecule has 1 saturated heterocycles. The van der Waals surface area contributed by atoms with E-state index in [1.165, 1.54) is 12.8 Å². The van der Waals surface area contributed by atoms with E-state index in [0.717, 1.165) is 30.4 Å². The maximum absolute atomic E-state index is 12.3. The molecule has 0 bridgehead atoms. The Kier molecular flexibility index (Phi) is 6.65. The van der Waals surface area contributed by atoms with Gasteiger partial charge in [-0.05, 0) is 55.4 Å². The molecule has 4 atom stereocenters. The van der Waals surface area contributed by atoms with Gasteiger partial charge in [-0.15, -0.1) is 0 Å². The molecule has 4 rings (SSSR count). The van der Waals surface area contributed by atoms with E-state index in [1.807, 2.05) is 54.6 Å². The molecule has 0 spiro atoms. The Morgan fingerprint density at radius 3 is 2.58 bits per heavy atom. The van der Waals surface area contributed by atoms with Crippen molar-refractivity contribution in [2.24, 2.45) is 16.9 Å². The zero-order chi connectivity index (χ0) is 21.6. The van der Waals surface area contributed by atoms with E-state index >= 15 is 0 Å². The molecule has 0 aromatic heterocycles. The van der Waals surface area contributed by atoms with Gasteiger partial charge in [-0.1, -0.05) is 55.3 Å². The highest BCUT2D eigenvalue weighted by Crippen LogP contribution is 2.32. The number of fused-ring (bicyclic) bond motifs is 1. The van der Waals surface area contributed by atoms with E-state index in [-0.39, 0.29) is 17.7 Å². The van der Waals surface area contributed by atoms with Crippen molar-refractivity contribution in [3.63, 3.8) is 0 Å². The molecule has 2 fully saturated rings. The minimum atomic E-state index is -0.706. The Labute approximate surface area is 183 Å². The van der Waals surface area contributed by atoms with Crippen molar-refractivity contribution in [3.8, 4) is 16.9 Å². The van der Waals surface area contributed by atoms with Gasteiger partial charge < -0.3 is 10.1 Å². The van der Waals surface area contributed by atoms with Gasteiger partial charge in [0.05, 0.1) is 5.92 Å². The third-order valence-electron chi connectivity index (χ3n) is 6.20. The molecule has 31 heavy (non-hydrogen) atoms. The third kappa shape index (κ3) is 5.32. The van der Waals surface area contributed by atoms with Crippen LogP contribution in [0.5, 0.6) is 5.75 Å². The molecule has 0 radical (unpaired) electrons. The number of amides is 2. The molecule has 6 nitrogen and oxygen atoms in total. The second-order valence-electron chi connectivity index (χ2n) is 8.41. The molecule has 1 aliphatic heterocycles. The second-order valence-corrected chi connectivity index (χ2v) is 8.41. The summed E-state index contributed by atoms with van der Waals surface area (Å²) in [7, 11) is 0. The maximum atomic E-state index is 12.3. The van der Waals surface area contributed by atoms with Crippen molar-refractivity contribution in [2.75, 3.05) is 0 Å². The summed E-state index contributed by atoms with van der Waals surface area (Å²) >= 11 is 0. The Morgan fingerprint density at radius 2 is 1.81 bits per heavy atom. The SMILES string of the molecule is CC(Oc1ccc(-c2ccccc2)cc1)C(=O)N/N=C/C1CC2CCCCC2NC1=O. The van der Waals surface area contributed by atoms with Crippen molar-refractivity contribution in [3.05, 3.63) is 54.6 Å². The normalized spacial score (nSPS) is 24.2. The van der Waals surface area contributed by atoms with E-state index in [0.29, 0.717) is 17.7 Å². The van der Waals surface area contributed by atoms with Gasteiger partial charge in [0.2, 0.25) is 5.91 Å². The lowest BCUT2D eigenvalue weighted by molar-refractivity contribution is -0.128. The van der Waals surface area contributed by atoms with Crippen molar-refractivity contribution in [1.29, 1.82) is 0 Å². The lowest BCUT2D eigenvalue weighted by Crippen LogP contribution is -2.51. The highest BCUT2D eigenvalue weighted by atomic mass is 16.5. The predicted octanol–water partition coefficient (Wildman–Crippen LogP) is 3.92. The molecule has 2 amide bonds. The molecule has 162 valence electrons. The summed E-state index contributed by atoms with van der Waals surface area (Å²) in [4.78, 5) is 24.6. The Bertz CT molecular complexity index is 927. The molecule has 6 heteroatoms. The molecule has 1 saturated carbocycles. The van der Waals surface area contributed by atoms with E-state index in [1.54, 1.807) is 13.1 Å². The molecule has 2 aromatic carbocycles. The van der Waals surface area contributed by atoms with E-state index < -0.39 is 6.10 Å². The van der Waals surface area contributed by atoms with Gasteiger partial charge in [0.25, 0.3) is 5.91 Å². The first-order chi connectivity index (χ1) is 15.1. The van der Waals surface area contributed by atoms with Gasteiger partial charge in [-0.3, -0.25) is 9.59 Å². The summed E-state index contributed by atoms with van der Waals surface area (Å²) in [6, 6.07) is 18.0. The van der Waals surface area contributed by atoms with Crippen LogP contribution in [0.2, 0.25) is 0 Å². The second kappa shape index (κ2) is 9.77. The largest absolute Gasteiger partial charge is 0.481 e. The zero-order valence-electron chi connectivity index (χ0n) is 17.8. The molecule has 2 aromatic rings. The Balaban J connectivity index is 1.27. The summed E-state index contributed by atoms with van der Waals surface area (Å²) in [5.41, 5.74) is 4.71. The number of benzene rings is 2. The first-order valence-electron chi connectivity index (χ1n) is 11.1. The minimum absolute atomic E-state index is 0.00366. The lowest BCUT2D eigenvalue weighted by Gasteiger charge is -2.38. The van der Waals surface area contributed by atoms with Crippen LogP contribution >= 0.6 is 0 Å². The number of carbonyl (C=O) groups excluding carboxylic acids is 2. The number of carbonyl (C=O) groups is 2.